The van der Waals surface area contributed by atoms with Crippen molar-refractivity contribution in [3.05, 3.63) is 18.7 Å². The third kappa shape index (κ3) is 4.14. The van der Waals surface area contributed by atoms with Crippen LogP contribution in [0.3, 0.4) is 0 Å². The molecule has 1 atom stereocenters. The average Bonchev–Trinajstić information content (AvgIpc) is 2.90. The lowest BCUT2D eigenvalue weighted by atomic mass is 9.86. The molecule has 2 amide bonds. The predicted molar refractivity (Wildman–Crippen MR) is 78.4 cm³/mol. The van der Waals surface area contributed by atoms with Crippen LogP contribution in [0.25, 0.3) is 0 Å². The maximum absolute atomic E-state index is 12.3. The number of aromatic nitrogens is 2. The number of hydrogen-bond donors (Lipinski definition) is 2. The summed E-state index contributed by atoms with van der Waals surface area (Å²) in [5.74, 6) is -0.382. The number of hydrazone groups is 1. The quantitative estimate of drug-likeness (QED) is 0.855. The monoisotopic (exact) mass is 291 g/mol. The Morgan fingerprint density at radius 1 is 1.48 bits per heavy atom. The minimum absolute atomic E-state index is 0.0699. The van der Waals surface area contributed by atoms with E-state index >= 15 is 0 Å². The molecular formula is C14H21N5O2. The van der Waals surface area contributed by atoms with E-state index in [0.717, 1.165) is 0 Å². The summed E-state index contributed by atoms with van der Waals surface area (Å²) in [5.41, 5.74) is 2.60. The van der Waals surface area contributed by atoms with E-state index < -0.39 is 0 Å². The van der Waals surface area contributed by atoms with Crippen LogP contribution in [0.1, 0.15) is 33.6 Å². The summed E-state index contributed by atoms with van der Waals surface area (Å²) in [5, 5.41) is 6.84. The van der Waals surface area contributed by atoms with Crippen molar-refractivity contribution in [2.45, 2.75) is 46.2 Å². The molecule has 7 nitrogen and oxygen atoms in total. The highest BCUT2D eigenvalue weighted by Crippen LogP contribution is 2.21. The summed E-state index contributed by atoms with van der Waals surface area (Å²) in [4.78, 5) is 27.4. The van der Waals surface area contributed by atoms with Gasteiger partial charge in [0.05, 0.1) is 12.4 Å². The maximum Gasteiger partial charge on any atom is 0.267 e. The fraction of sp³-hybridized carbons (Fsp3) is 0.571. The highest BCUT2D eigenvalue weighted by molar-refractivity contribution is 6.39. The predicted octanol–water partition coefficient (Wildman–Crippen LogP) is 0.680. The number of amides is 2. The Balaban J connectivity index is 2.05. The zero-order chi connectivity index (χ0) is 15.5. The summed E-state index contributed by atoms with van der Waals surface area (Å²) in [7, 11) is 0. The molecule has 21 heavy (non-hydrogen) atoms. The third-order valence-corrected chi connectivity index (χ3v) is 3.47. The van der Waals surface area contributed by atoms with Crippen molar-refractivity contribution >= 4 is 17.5 Å². The topological polar surface area (TPSA) is 88.4 Å². The molecule has 1 aliphatic heterocycles. The van der Waals surface area contributed by atoms with Gasteiger partial charge in [0.15, 0.2) is 0 Å². The highest BCUT2D eigenvalue weighted by Gasteiger charge is 2.28. The molecule has 0 fully saturated rings. The molecule has 0 spiro atoms. The Hall–Kier alpha value is -2.18. The fourth-order valence-corrected chi connectivity index (χ4v) is 2.02. The molecule has 2 heterocycles. The van der Waals surface area contributed by atoms with E-state index in [0.29, 0.717) is 25.1 Å². The second-order valence-electron chi connectivity index (χ2n) is 6.25. The van der Waals surface area contributed by atoms with Gasteiger partial charge < -0.3 is 9.88 Å². The number of imidazole rings is 1. The molecule has 114 valence electrons. The van der Waals surface area contributed by atoms with Crippen LogP contribution in [0, 0.1) is 5.41 Å². The van der Waals surface area contributed by atoms with Gasteiger partial charge in [0.2, 0.25) is 5.91 Å². The third-order valence-electron chi connectivity index (χ3n) is 3.47. The number of nitrogens with zero attached hydrogens (tertiary/aromatic N) is 3. The van der Waals surface area contributed by atoms with E-state index in [1.807, 2.05) is 10.8 Å². The zero-order valence-corrected chi connectivity index (χ0v) is 12.6. The molecule has 0 aliphatic carbocycles. The van der Waals surface area contributed by atoms with Crippen molar-refractivity contribution in [2.75, 3.05) is 0 Å². The Morgan fingerprint density at radius 2 is 2.24 bits per heavy atom. The van der Waals surface area contributed by atoms with Gasteiger partial charge in [0.25, 0.3) is 5.91 Å². The first kappa shape index (κ1) is 15.2. The molecule has 0 saturated heterocycles. The van der Waals surface area contributed by atoms with E-state index in [2.05, 4.69) is 41.6 Å². The number of rotatable bonds is 4. The SMILES string of the molecule is CC(C)(C)C(Cn1ccnc1)NC(=O)C1=NNC(=O)CC1. The molecule has 0 bridgehead atoms. The largest absolute Gasteiger partial charge is 0.346 e. The Kier molecular flexibility index (Phi) is 4.40. The van der Waals surface area contributed by atoms with Crippen molar-refractivity contribution in [1.29, 1.82) is 0 Å². The van der Waals surface area contributed by atoms with Gasteiger partial charge in [-0.15, -0.1) is 0 Å². The van der Waals surface area contributed by atoms with Gasteiger partial charge in [0, 0.05) is 31.8 Å². The summed E-state index contributed by atoms with van der Waals surface area (Å²) >= 11 is 0. The smallest absolute Gasteiger partial charge is 0.267 e. The minimum Gasteiger partial charge on any atom is -0.346 e. The van der Waals surface area contributed by atoms with Crippen LogP contribution in [-0.4, -0.2) is 33.1 Å². The molecule has 0 radical (unpaired) electrons. The van der Waals surface area contributed by atoms with E-state index in [1.165, 1.54) is 0 Å². The summed E-state index contributed by atoms with van der Waals surface area (Å²) in [6.07, 6.45) is 5.97. The van der Waals surface area contributed by atoms with Crippen LogP contribution in [0.2, 0.25) is 0 Å². The van der Waals surface area contributed by atoms with Gasteiger partial charge >= 0.3 is 0 Å². The van der Waals surface area contributed by atoms with Crippen LogP contribution in [0.5, 0.6) is 0 Å². The standard InChI is InChI=1S/C14H21N5O2/c1-14(2,3)11(8-19-7-6-15-9-19)16-13(21)10-4-5-12(20)18-17-10/h6-7,9,11H,4-5,8H2,1-3H3,(H,16,21)(H,18,20). The maximum atomic E-state index is 12.3. The molecule has 1 aromatic rings. The highest BCUT2D eigenvalue weighted by atomic mass is 16.2. The Labute approximate surface area is 123 Å². The minimum atomic E-state index is -0.227. The van der Waals surface area contributed by atoms with Crippen molar-refractivity contribution < 1.29 is 9.59 Å². The first-order chi connectivity index (χ1) is 9.86. The molecule has 1 aromatic heterocycles. The van der Waals surface area contributed by atoms with E-state index in [9.17, 15) is 9.59 Å². The molecule has 1 aliphatic rings. The summed E-state index contributed by atoms with van der Waals surface area (Å²) in [6.45, 7) is 6.84. The zero-order valence-electron chi connectivity index (χ0n) is 12.6. The molecule has 0 saturated carbocycles. The number of nitrogens with one attached hydrogen (secondary N) is 2. The number of carbonyl (C=O) groups excluding carboxylic acids is 2. The van der Waals surface area contributed by atoms with Gasteiger partial charge in [-0.2, -0.15) is 5.10 Å². The van der Waals surface area contributed by atoms with E-state index in [4.69, 9.17) is 0 Å². The van der Waals surface area contributed by atoms with Gasteiger partial charge in [0.1, 0.15) is 5.71 Å². The van der Waals surface area contributed by atoms with Crippen LogP contribution >= 0.6 is 0 Å². The molecule has 7 heteroatoms. The molecule has 1 unspecified atom stereocenters. The van der Waals surface area contributed by atoms with Crippen molar-refractivity contribution in [1.82, 2.24) is 20.3 Å². The fourth-order valence-electron chi connectivity index (χ4n) is 2.02. The first-order valence-corrected chi connectivity index (χ1v) is 6.98. The Morgan fingerprint density at radius 3 is 2.76 bits per heavy atom. The molecular weight excluding hydrogens is 270 g/mol. The molecule has 0 aromatic carbocycles. The lowest BCUT2D eigenvalue weighted by molar-refractivity contribution is -0.121. The van der Waals surface area contributed by atoms with Gasteiger partial charge in [-0.3, -0.25) is 9.59 Å². The lowest BCUT2D eigenvalue weighted by Gasteiger charge is -2.32. The van der Waals surface area contributed by atoms with Crippen molar-refractivity contribution in [3.8, 4) is 0 Å². The Bertz CT molecular complexity index is 542. The summed E-state index contributed by atoms with van der Waals surface area (Å²) < 4.78 is 1.93. The second kappa shape index (κ2) is 6.07. The summed E-state index contributed by atoms with van der Waals surface area (Å²) in [6, 6.07) is -0.0699. The van der Waals surface area contributed by atoms with Gasteiger partial charge in [-0.1, -0.05) is 20.8 Å². The van der Waals surface area contributed by atoms with E-state index in [1.54, 1.807) is 12.5 Å². The average molecular weight is 291 g/mol. The first-order valence-electron chi connectivity index (χ1n) is 6.98. The van der Waals surface area contributed by atoms with Crippen LogP contribution in [0.4, 0.5) is 0 Å². The van der Waals surface area contributed by atoms with Crippen LogP contribution < -0.4 is 10.7 Å². The number of hydrogen-bond acceptors (Lipinski definition) is 4. The van der Waals surface area contributed by atoms with Gasteiger partial charge in [-0.05, 0) is 5.41 Å². The van der Waals surface area contributed by atoms with Crippen molar-refractivity contribution in [3.63, 3.8) is 0 Å². The second-order valence-corrected chi connectivity index (χ2v) is 6.25. The van der Waals surface area contributed by atoms with Gasteiger partial charge in [-0.25, -0.2) is 10.4 Å². The molecule has 2 rings (SSSR count). The van der Waals surface area contributed by atoms with Crippen LogP contribution in [-0.2, 0) is 16.1 Å². The molecule has 2 N–H and O–H groups in total. The normalized spacial score (nSPS) is 16.9. The number of carbonyl (C=O) groups is 2. The van der Waals surface area contributed by atoms with E-state index in [-0.39, 0.29) is 23.3 Å². The lowest BCUT2D eigenvalue weighted by Crippen LogP contribution is -2.49. The van der Waals surface area contributed by atoms with Crippen molar-refractivity contribution in [2.24, 2.45) is 10.5 Å². The van der Waals surface area contributed by atoms with Crippen LogP contribution in [0.15, 0.2) is 23.8 Å².